The summed E-state index contributed by atoms with van der Waals surface area (Å²) in [5, 5.41) is 3.02. The van der Waals surface area contributed by atoms with E-state index < -0.39 is 0 Å². The molecule has 3 aromatic rings. The number of aryl methyl sites for hydroxylation is 1. The molecule has 1 aliphatic heterocycles. The molecule has 0 saturated carbocycles. The molecule has 4 nitrogen and oxygen atoms in total. The Labute approximate surface area is 153 Å². The molecule has 0 spiro atoms. The number of nitrogens with zero attached hydrogens (tertiary/aromatic N) is 2. The van der Waals surface area contributed by atoms with E-state index >= 15 is 0 Å². The fourth-order valence-electron chi connectivity index (χ4n) is 3.56. The number of rotatable bonds is 3. The monoisotopic (exact) mass is 343 g/mol. The number of benzene rings is 2. The molecular weight excluding hydrogens is 322 g/mol. The maximum absolute atomic E-state index is 13.0. The van der Waals surface area contributed by atoms with E-state index in [0.717, 1.165) is 23.4 Å². The quantitative estimate of drug-likeness (QED) is 0.748. The van der Waals surface area contributed by atoms with E-state index in [-0.39, 0.29) is 11.9 Å². The van der Waals surface area contributed by atoms with Crippen LogP contribution in [0.4, 0.5) is 17.2 Å². The molecule has 0 bridgehead atoms. The summed E-state index contributed by atoms with van der Waals surface area (Å²) in [6, 6.07) is 20.0. The van der Waals surface area contributed by atoms with Crippen molar-refractivity contribution in [1.82, 2.24) is 4.98 Å². The highest BCUT2D eigenvalue weighted by atomic mass is 16.1. The highest BCUT2D eigenvalue weighted by Crippen LogP contribution is 2.38. The molecule has 4 heteroatoms. The van der Waals surface area contributed by atoms with Gasteiger partial charge >= 0.3 is 0 Å². The Bertz CT molecular complexity index is 967. The van der Waals surface area contributed by atoms with Gasteiger partial charge in [0, 0.05) is 23.6 Å². The van der Waals surface area contributed by atoms with Crippen molar-refractivity contribution in [2.24, 2.45) is 0 Å². The van der Waals surface area contributed by atoms with Gasteiger partial charge in [0.2, 0.25) is 0 Å². The van der Waals surface area contributed by atoms with Gasteiger partial charge in [-0.15, -0.1) is 0 Å². The van der Waals surface area contributed by atoms with Gasteiger partial charge in [-0.1, -0.05) is 36.4 Å². The second-order valence-electron chi connectivity index (χ2n) is 6.70. The van der Waals surface area contributed by atoms with Crippen LogP contribution in [0.15, 0.2) is 66.9 Å². The highest BCUT2D eigenvalue weighted by molar-refractivity contribution is 6.08. The summed E-state index contributed by atoms with van der Waals surface area (Å²) >= 11 is 0. The molecule has 1 N–H and O–H groups in total. The first-order valence-corrected chi connectivity index (χ1v) is 8.84. The van der Waals surface area contributed by atoms with Crippen LogP contribution in [0.1, 0.15) is 28.4 Å². The average Bonchev–Trinajstić information content (AvgIpc) is 2.99. The van der Waals surface area contributed by atoms with Gasteiger partial charge in [-0.2, -0.15) is 0 Å². The van der Waals surface area contributed by atoms with E-state index in [1.165, 1.54) is 5.56 Å². The maximum atomic E-state index is 13.0. The fourth-order valence-corrected chi connectivity index (χ4v) is 3.56. The van der Waals surface area contributed by atoms with Gasteiger partial charge in [0.05, 0.1) is 5.56 Å². The zero-order chi connectivity index (χ0) is 18.1. The standard InChI is InChI=1S/C22H21N3O/c1-15-8-3-5-11-19(15)24-22(26)18-10-7-13-23-21(18)25-16(2)14-17-9-4-6-12-20(17)25/h3-13,16H,14H2,1-2H3,(H,24,26). The minimum atomic E-state index is -0.140. The van der Waals surface area contributed by atoms with Gasteiger partial charge < -0.3 is 10.2 Å². The largest absolute Gasteiger partial charge is 0.322 e. The number of amides is 1. The van der Waals surface area contributed by atoms with Crippen molar-refractivity contribution in [3.05, 3.63) is 83.6 Å². The van der Waals surface area contributed by atoms with Crippen molar-refractivity contribution in [2.45, 2.75) is 26.3 Å². The van der Waals surface area contributed by atoms with Crippen molar-refractivity contribution >= 4 is 23.1 Å². The molecule has 1 amide bonds. The third kappa shape index (κ3) is 2.84. The Morgan fingerprint density at radius 2 is 1.85 bits per heavy atom. The molecule has 2 heterocycles. The number of carbonyl (C=O) groups is 1. The topological polar surface area (TPSA) is 45.2 Å². The molecule has 130 valence electrons. The zero-order valence-corrected chi connectivity index (χ0v) is 14.9. The lowest BCUT2D eigenvalue weighted by Gasteiger charge is -2.25. The second kappa shape index (κ2) is 6.64. The Morgan fingerprint density at radius 1 is 1.08 bits per heavy atom. The number of fused-ring (bicyclic) bond motifs is 1. The molecular formula is C22H21N3O. The molecule has 0 saturated heterocycles. The van der Waals surface area contributed by atoms with E-state index in [0.29, 0.717) is 11.4 Å². The fraction of sp³-hybridized carbons (Fsp3) is 0.182. The van der Waals surface area contributed by atoms with Crippen molar-refractivity contribution in [3.63, 3.8) is 0 Å². The molecule has 0 radical (unpaired) electrons. The third-order valence-electron chi connectivity index (χ3n) is 4.86. The summed E-state index contributed by atoms with van der Waals surface area (Å²) < 4.78 is 0. The Balaban J connectivity index is 1.72. The van der Waals surface area contributed by atoms with Crippen LogP contribution in [0, 0.1) is 6.92 Å². The smallest absolute Gasteiger partial charge is 0.259 e. The van der Waals surface area contributed by atoms with Crippen LogP contribution in [-0.4, -0.2) is 16.9 Å². The lowest BCUT2D eigenvalue weighted by Crippen LogP contribution is -2.28. The van der Waals surface area contributed by atoms with Crippen molar-refractivity contribution in [2.75, 3.05) is 10.2 Å². The van der Waals surface area contributed by atoms with Crippen LogP contribution in [0.5, 0.6) is 0 Å². The van der Waals surface area contributed by atoms with E-state index in [1.54, 1.807) is 6.20 Å². The first-order chi connectivity index (χ1) is 12.6. The Hall–Kier alpha value is -3.14. The van der Waals surface area contributed by atoms with Crippen molar-refractivity contribution in [1.29, 1.82) is 0 Å². The molecule has 1 atom stereocenters. The number of anilines is 3. The van der Waals surface area contributed by atoms with Gasteiger partial charge in [-0.25, -0.2) is 4.98 Å². The number of carbonyl (C=O) groups excluding carboxylic acids is 1. The van der Waals surface area contributed by atoms with E-state index in [4.69, 9.17) is 0 Å². The molecule has 0 aliphatic carbocycles. The second-order valence-corrected chi connectivity index (χ2v) is 6.70. The lowest BCUT2D eigenvalue weighted by atomic mass is 10.1. The molecule has 4 rings (SSSR count). The van der Waals surface area contributed by atoms with Crippen LogP contribution in [0.2, 0.25) is 0 Å². The predicted octanol–water partition coefficient (Wildman–Crippen LogP) is 4.73. The summed E-state index contributed by atoms with van der Waals surface area (Å²) in [5.74, 6) is 0.565. The molecule has 1 unspecified atom stereocenters. The molecule has 26 heavy (non-hydrogen) atoms. The number of hydrogen-bond donors (Lipinski definition) is 1. The molecule has 2 aromatic carbocycles. The van der Waals surface area contributed by atoms with E-state index in [9.17, 15) is 4.79 Å². The lowest BCUT2D eigenvalue weighted by molar-refractivity contribution is 0.102. The zero-order valence-electron chi connectivity index (χ0n) is 14.9. The Morgan fingerprint density at radius 3 is 2.69 bits per heavy atom. The summed E-state index contributed by atoms with van der Waals surface area (Å²) in [7, 11) is 0. The number of hydrogen-bond acceptors (Lipinski definition) is 3. The van der Waals surface area contributed by atoms with Crippen LogP contribution in [0.3, 0.4) is 0 Å². The summed E-state index contributed by atoms with van der Waals surface area (Å²) in [4.78, 5) is 19.7. The maximum Gasteiger partial charge on any atom is 0.259 e. The molecule has 1 aromatic heterocycles. The van der Waals surface area contributed by atoms with Gasteiger partial charge in [-0.05, 0) is 55.7 Å². The van der Waals surface area contributed by atoms with Gasteiger partial charge in [0.25, 0.3) is 5.91 Å². The van der Waals surface area contributed by atoms with Gasteiger partial charge in [0.1, 0.15) is 5.82 Å². The predicted molar refractivity (Wildman–Crippen MR) is 105 cm³/mol. The SMILES string of the molecule is Cc1ccccc1NC(=O)c1cccnc1N1c2ccccc2CC1C. The first-order valence-electron chi connectivity index (χ1n) is 8.84. The van der Waals surface area contributed by atoms with Crippen molar-refractivity contribution in [3.8, 4) is 0 Å². The van der Waals surface area contributed by atoms with Crippen LogP contribution in [-0.2, 0) is 6.42 Å². The number of nitrogens with one attached hydrogen (secondary N) is 1. The molecule has 0 fully saturated rings. The number of pyridine rings is 1. The van der Waals surface area contributed by atoms with Crippen LogP contribution >= 0.6 is 0 Å². The van der Waals surface area contributed by atoms with Crippen LogP contribution < -0.4 is 10.2 Å². The minimum Gasteiger partial charge on any atom is -0.322 e. The Kier molecular flexibility index (Phi) is 4.17. The van der Waals surface area contributed by atoms with Gasteiger partial charge in [0.15, 0.2) is 0 Å². The summed E-state index contributed by atoms with van der Waals surface area (Å²) in [6.45, 7) is 4.15. The number of aromatic nitrogens is 1. The normalized spacial score (nSPS) is 15.6. The van der Waals surface area contributed by atoms with Crippen LogP contribution in [0.25, 0.3) is 0 Å². The molecule has 1 aliphatic rings. The van der Waals surface area contributed by atoms with Crippen molar-refractivity contribution < 1.29 is 4.79 Å². The summed E-state index contributed by atoms with van der Waals surface area (Å²) in [5.41, 5.74) is 4.85. The van der Waals surface area contributed by atoms with E-state index in [2.05, 4.69) is 40.3 Å². The average molecular weight is 343 g/mol. The van der Waals surface area contributed by atoms with Gasteiger partial charge in [-0.3, -0.25) is 4.79 Å². The minimum absolute atomic E-state index is 0.140. The first kappa shape index (κ1) is 16.3. The summed E-state index contributed by atoms with van der Waals surface area (Å²) in [6.07, 6.45) is 2.69. The number of para-hydroxylation sites is 2. The third-order valence-corrected chi connectivity index (χ3v) is 4.86. The highest BCUT2D eigenvalue weighted by Gasteiger charge is 2.30. The van der Waals surface area contributed by atoms with E-state index in [1.807, 2.05) is 49.4 Å².